The molecule has 2 N–H and O–H groups in total. The molecule has 0 bridgehead atoms. The molecule has 186 valence electrons. The minimum Gasteiger partial charge on any atom is -0.497 e. The molecule has 0 aliphatic heterocycles. The SMILES string of the molecule is COc1ccc(CC(C)NC2CCc3c(ccc(OCc4ccccc4)c3[N+](=O)[O-])C2O)cc1.Cl. The van der Waals surface area contributed by atoms with E-state index >= 15 is 0 Å². The Kier molecular flexibility index (Phi) is 9.09. The van der Waals surface area contributed by atoms with Crippen LogP contribution in [0.15, 0.2) is 66.7 Å². The molecule has 4 rings (SSSR count). The Labute approximate surface area is 211 Å². The number of nitro benzene ring substituents is 1. The molecule has 3 atom stereocenters. The first kappa shape index (κ1) is 26.5. The van der Waals surface area contributed by atoms with Crippen LogP contribution in [0.4, 0.5) is 5.69 Å². The van der Waals surface area contributed by atoms with Crippen LogP contribution in [-0.4, -0.2) is 29.2 Å². The zero-order chi connectivity index (χ0) is 24.1. The molecule has 8 heteroatoms. The third-order valence-electron chi connectivity index (χ3n) is 6.31. The molecule has 7 nitrogen and oxygen atoms in total. The molecule has 0 heterocycles. The molecule has 1 aliphatic carbocycles. The van der Waals surface area contributed by atoms with Crippen molar-refractivity contribution in [1.82, 2.24) is 5.32 Å². The molecule has 1 aliphatic rings. The molecule has 35 heavy (non-hydrogen) atoms. The van der Waals surface area contributed by atoms with Gasteiger partial charge in [0.05, 0.1) is 18.1 Å². The molecule has 3 unspecified atom stereocenters. The molecule has 3 aromatic carbocycles. The van der Waals surface area contributed by atoms with Gasteiger partial charge in [0.2, 0.25) is 0 Å². The van der Waals surface area contributed by atoms with Crippen molar-refractivity contribution in [3.8, 4) is 11.5 Å². The number of ether oxygens (including phenoxy) is 2. The van der Waals surface area contributed by atoms with Gasteiger partial charge >= 0.3 is 5.69 Å². The van der Waals surface area contributed by atoms with Gasteiger partial charge in [-0.3, -0.25) is 10.1 Å². The van der Waals surface area contributed by atoms with Gasteiger partial charge in [-0.15, -0.1) is 12.4 Å². The summed E-state index contributed by atoms with van der Waals surface area (Å²) in [6, 6.07) is 20.8. The van der Waals surface area contributed by atoms with Gasteiger partial charge in [-0.1, -0.05) is 48.5 Å². The summed E-state index contributed by atoms with van der Waals surface area (Å²) in [5.41, 5.74) is 3.22. The summed E-state index contributed by atoms with van der Waals surface area (Å²) in [7, 11) is 1.64. The highest BCUT2D eigenvalue weighted by atomic mass is 35.5. The van der Waals surface area contributed by atoms with E-state index in [-0.39, 0.29) is 42.5 Å². The fourth-order valence-electron chi connectivity index (χ4n) is 4.61. The van der Waals surface area contributed by atoms with Gasteiger partial charge in [0.25, 0.3) is 0 Å². The number of rotatable bonds is 9. The number of halogens is 1. The van der Waals surface area contributed by atoms with Crippen LogP contribution in [0.1, 0.15) is 41.7 Å². The van der Waals surface area contributed by atoms with Crippen molar-refractivity contribution in [2.24, 2.45) is 0 Å². The Morgan fingerprint density at radius 1 is 1.09 bits per heavy atom. The number of hydrogen-bond acceptors (Lipinski definition) is 6. The number of fused-ring (bicyclic) bond motifs is 1. The van der Waals surface area contributed by atoms with Crippen LogP contribution in [0.2, 0.25) is 0 Å². The van der Waals surface area contributed by atoms with E-state index in [2.05, 4.69) is 12.2 Å². The monoisotopic (exact) mass is 498 g/mol. The highest BCUT2D eigenvalue weighted by Crippen LogP contribution is 2.41. The van der Waals surface area contributed by atoms with Gasteiger partial charge in [-0.05, 0) is 61.1 Å². The lowest BCUT2D eigenvalue weighted by atomic mass is 9.84. The highest BCUT2D eigenvalue weighted by molar-refractivity contribution is 5.85. The van der Waals surface area contributed by atoms with Crippen molar-refractivity contribution < 1.29 is 19.5 Å². The van der Waals surface area contributed by atoms with E-state index in [0.29, 0.717) is 24.0 Å². The summed E-state index contributed by atoms with van der Waals surface area (Å²) in [4.78, 5) is 11.5. The summed E-state index contributed by atoms with van der Waals surface area (Å²) in [6.07, 6.45) is 1.07. The standard InChI is InChI=1S/C27H30N2O5.ClH/c1-18(16-19-8-10-21(33-2)11-9-19)28-24-14-12-22-23(27(24)30)13-15-25(26(22)29(31)32)34-17-20-6-4-3-5-7-20;/h3-11,13,15,18,24,27-28,30H,12,14,16-17H2,1-2H3;1H. The second kappa shape index (κ2) is 12.0. The van der Waals surface area contributed by atoms with Crippen molar-refractivity contribution in [1.29, 1.82) is 0 Å². The summed E-state index contributed by atoms with van der Waals surface area (Å²) in [5.74, 6) is 1.05. The van der Waals surface area contributed by atoms with Crippen LogP contribution in [0, 0.1) is 10.1 Å². The van der Waals surface area contributed by atoms with Crippen molar-refractivity contribution in [2.75, 3.05) is 7.11 Å². The first-order valence-electron chi connectivity index (χ1n) is 11.5. The Bertz CT molecular complexity index is 1120. The molecule has 0 fully saturated rings. The summed E-state index contributed by atoms with van der Waals surface area (Å²) in [5, 5.41) is 26.5. The van der Waals surface area contributed by atoms with Crippen LogP contribution in [0.25, 0.3) is 0 Å². The number of methoxy groups -OCH3 is 1. The Morgan fingerprint density at radius 3 is 2.46 bits per heavy atom. The van der Waals surface area contributed by atoms with Gasteiger partial charge in [-0.25, -0.2) is 0 Å². The predicted molar refractivity (Wildman–Crippen MR) is 137 cm³/mol. The van der Waals surface area contributed by atoms with E-state index in [0.717, 1.165) is 17.7 Å². The fourth-order valence-corrected chi connectivity index (χ4v) is 4.61. The molecule has 0 amide bonds. The van der Waals surface area contributed by atoms with E-state index in [1.54, 1.807) is 19.2 Å². The third kappa shape index (κ3) is 6.31. The first-order valence-corrected chi connectivity index (χ1v) is 11.5. The van der Waals surface area contributed by atoms with Crippen LogP contribution >= 0.6 is 12.4 Å². The van der Waals surface area contributed by atoms with Crippen LogP contribution < -0.4 is 14.8 Å². The topological polar surface area (TPSA) is 93.9 Å². The van der Waals surface area contributed by atoms with Crippen molar-refractivity contribution >= 4 is 18.1 Å². The Balaban J connectivity index is 0.00000342. The van der Waals surface area contributed by atoms with E-state index in [4.69, 9.17) is 9.47 Å². The lowest BCUT2D eigenvalue weighted by molar-refractivity contribution is -0.386. The molecule has 0 saturated carbocycles. The normalized spacial score (nSPS) is 17.6. The summed E-state index contributed by atoms with van der Waals surface area (Å²) >= 11 is 0. The maximum atomic E-state index is 11.9. The lowest BCUT2D eigenvalue weighted by Crippen LogP contribution is -2.44. The number of nitrogens with one attached hydrogen (secondary N) is 1. The Hall–Kier alpha value is -3.13. The number of nitrogens with zero attached hydrogens (tertiary/aromatic N) is 1. The van der Waals surface area contributed by atoms with Gasteiger partial charge in [-0.2, -0.15) is 0 Å². The quantitative estimate of drug-likeness (QED) is 0.312. The minimum atomic E-state index is -0.830. The molecule has 3 aromatic rings. The predicted octanol–water partition coefficient (Wildman–Crippen LogP) is 5.17. The minimum absolute atomic E-state index is 0. The second-order valence-corrected chi connectivity index (χ2v) is 8.72. The van der Waals surface area contributed by atoms with Crippen molar-refractivity contribution in [3.05, 3.63) is 99.1 Å². The van der Waals surface area contributed by atoms with Gasteiger partial charge in [0.1, 0.15) is 12.4 Å². The Morgan fingerprint density at radius 2 is 1.80 bits per heavy atom. The molecule has 0 radical (unpaired) electrons. The number of hydrogen-bond donors (Lipinski definition) is 2. The zero-order valence-electron chi connectivity index (χ0n) is 19.8. The number of aliphatic hydroxyl groups is 1. The maximum Gasteiger partial charge on any atom is 0.314 e. The van der Waals surface area contributed by atoms with Gasteiger partial charge < -0.3 is 19.9 Å². The lowest BCUT2D eigenvalue weighted by Gasteiger charge is -2.33. The first-order chi connectivity index (χ1) is 16.5. The number of nitro groups is 1. The molecule has 0 aromatic heterocycles. The average Bonchev–Trinajstić information content (AvgIpc) is 2.85. The molecule has 0 spiro atoms. The smallest absolute Gasteiger partial charge is 0.314 e. The second-order valence-electron chi connectivity index (χ2n) is 8.72. The summed E-state index contributed by atoms with van der Waals surface area (Å²) < 4.78 is 11.0. The average molecular weight is 499 g/mol. The number of benzene rings is 3. The third-order valence-corrected chi connectivity index (χ3v) is 6.31. The molecule has 0 saturated heterocycles. The van der Waals surface area contributed by atoms with Crippen LogP contribution in [0.5, 0.6) is 11.5 Å². The van der Waals surface area contributed by atoms with E-state index < -0.39 is 11.0 Å². The van der Waals surface area contributed by atoms with E-state index in [1.165, 1.54) is 5.56 Å². The molecular formula is C27H31ClN2O5. The van der Waals surface area contributed by atoms with E-state index in [9.17, 15) is 15.2 Å². The van der Waals surface area contributed by atoms with Crippen molar-refractivity contribution in [3.63, 3.8) is 0 Å². The maximum absolute atomic E-state index is 11.9. The van der Waals surface area contributed by atoms with Crippen LogP contribution in [0.3, 0.4) is 0 Å². The molecular weight excluding hydrogens is 468 g/mol. The fraction of sp³-hybridized carbons (Fsp3) is 0.333. The zero-order valence-corrected chi connectivity index (χ0v) is 20.7. The van der Waals surface area contributed by atoms with Crippen molar-refractivity contribution in [2.45, 2.75) is 51.0 Å². The van der Waals surface area contributed by atoms with Gasteiger partial charge in [0, 0.05) is 17.6 Å². The summed E-state index contributed by atoms with van der Waals surface area (Å²) in [6.45, 7) is 2.32. The van der Waals surface area contributed by atoms with Crippen LogP contribution in [-0.2, 0) is 19.4 Å². The highest BCUT2D eigenvalue weighted by Gasteiger charge is 2.35. The largest absolute Gasteiger partial charge is 0.497 e. The van der Waals surface area contributed by atoms with Gasteiger partial charge in [0.15, 0.2) is 5.75 Å². The van der Waals surface area contributed by atoms with E-state index in [1.807, 2.05) is 54.6 Å². The number of aliphatic hydroxyl groups excluding tert-OH is 1.